The van der Waals surface area contributed by atoms with E-state index in [0.29, 0.717) is 0 Å². The Balaban J connectivity index is 1.43. The highest BCUT2D eigenvalue weighted by Gasteiger charge is 2.36. The van der Waals surface area contributed by atoms with E-state index in [4.69, 9.17) is 16.6 Å². The summed E-state index contributed by atoms with van der Waals surface area (Å²) in [4.78, 5) is 20.3. The van der Waals surface area contributed by atoms with Crippen molar-refractivity contribution in [3.05, 3.63) is 99.8 Å². The molecule has 4 rings (SSSR count). The number of rotatable bonds is 5. The Hall–Kier alpha value is -2.65. The SMILES string of the molecule is Cc1ccc(C(C)(C)C(=O)N2CCC[C@@H](c3ccc(Cc4ccc(Cl)cc4)cn3)C2)cc1. The van der Waals surface area contributed by atoms with Gasteiger partial charge in [0.1, 0.15) is 0 Å². The number of nitrogens with zero attached hydrogens (tertiary/aromatic N) is 2. The molecule has 1 fully saturated rings. The Morgan fingerprint density at radius 3 is 2.38 bits per heavy atom. The number of carbonyl (C=O) groups is 1. The molecule has 4 heteroatoms. The Bertz CT molecular complexity index is 1060. The molecule has 1 atom stereocenters. The minimum atomic E-state index is -0.536. The van der Waals surface area contributed by atoms with Gasteiger partial charge in [0.15, 0.2) is 0 Å². The number of likely N-dealkylation sites (tertiary alicyclic amines) is 1. The fourth-order valence-electron chi connectivity index (χ4n) is 4.51. The van der Waals surface area contributed by atoms with Gasteiger partial charge in [-0.1, -0.05) is 59.6 Å². The van der Waals surface area contributed by atoms with Crippen LogP contribution in [-0.4, -0.2) is 28.9 Å². The van der Waals surface area contributed by atoms with Gasteiger partial charge in [0, 0.05) is 35.9 Å². The average Bonchev–Trinajstić information content (AvgIpc) is 2.81. The largest absolute Gasteiger partial charge is 0.341 e. The van der Waals surface area contributed by atoms with Crippen LogP contribution in [-0.2, 0) is 16.6 Å². The van der Waals surface area contributed by atoms with E-state index in [1.165, 1.54) is 16.7 Å². The van der Waals surface area contributed by atoms with Crippen LogP contribution in [0, 0.1) is 6.92 Å². The molecule has 1 aromatic heterocycles. The molecule has 0 aliphatic carbocycles. The molecule has 0 spiro atoms. The van der Waals surface area contributed by atoms with Crippen LogP contribution in [0.15, 0.2) is 66.9 Å². The van der Waals surface area contributed by atoms with E-state index in [9.17, 15) is 4.79 Å². The van der Waals surface area contributed by atoms with Gasteiger partial charge in [-0.25, -0.2) is 0 Å². The lowest BCUT2D eigenvalue weighted by Gasteiger charge is -2.37. The highest BCUT2D eigenvalue weighted by Crippen LogP contribution is 2.31. The standard InChI is InChI=1S/C28H31ClN2O/c1-20-6-11-24(12-7-20)28(2,3)27(32)31-16-4-5-23(19-31)26-15-10-22(18-30-26)17-21-8-13-25(29)14-9-21/h6-15,18,23H,4-5,16-17,19H2,1-3H3/t23-/m1/s1. The van der Waals surface area contributed by atoms with Crippen molar-refractivity contribution in [2.45, 2.75) is 51.4 Å². The first kappa shape index (κ1) is 22.5. The predicted octanol–water partition coefficient (Wildman–Crippen LogP) is 6.32. The third kappa shape index (κ3) is 5.05. The van der Waals surface area contributed by atoms with Crippen molar-refractivity contribution in [3.63, 3.8) is 0 Å². The van der Waals surface area contributed by atoms with Crippen LogP contribution in [0.2, 0.25) is 5.02 Å². The molecular weight excluding hydrogens is 416 g/mol. The normalized spacial score (nSPS) is 16.8. The molecule has 0 bridgehead atoms. The predicted molar refractivity (Wildman–Crippen MR) is 131 cm³/mol. The lowest BCUT2D eigenvalue weighted by Crippen LogP contribution is -2.47. The van der Waals surface area contributed by atoms with Crippen LogP contribution >= 0.6 is 11.6 Å². The average molecular weight is 447 g/mol. The summed E-state index contributed by atoms with van der Waals surface area (Å²) in [6.07, 6.45) is 4.89. The van der Waals surface area contributed by atoms with Gasteiger partial charge >= 0.3 is 0 Å². The lowest BCUT2D eigenvalue weighted by molar-refractivity contribution is -0.137. The zero-order valence-corrected chi connectivity index (χ0v) is 19.9. The minimum Gasteiger partial charge on any atom is -0.341 e. The van der Waals surface area contributed by atoms with E-state index in [1.54, 1.807) is 0 Å². The first-order valence-electron chi connectivity index (χ1n) is 11.4. The van der Waals surface area contributed by atoms with Crippen molar-refractivity contribution in [1.82, 2.24) is 9.88 Å². The molecule has 0 saturated carbocycles. The second kappa shape index (κ2) is 9.46. The molecule has 1 amide bonds. The van der Waals surface area contributed by atoms with Crippen LogP contribution in [0.3, 0.4) is 0 Å². The van der Waals surface area contributed by atoms with Crippen molar-refractivity contribution >= 4 is 17.5 Å². The number of aryl methyl sites for hydroxylation is 1. The molecule has 32 heavy (non-hydrogen) atoms. The molecule has 0 unspecified atom stereocenters. The second-order valence-electron chi connectivity index (χ2n) is 9.48. The van der Waals surface area contributed by atoms with Crippen LogP contribution in [0.1, 0.15) is 60.6 Å². The summed E-state index contributed by atoms with van der Waals surface area (Å²) in [5.74, 6) is 0.483. The lowest BCUT2D eigenvalue weighted by atomic mass is 9.81. The minimum absolute atomic E-state index is 0.199. The van der Waals surface area contributed by atoms with Crippen molar-refractivity contribution in [2.75, 3.05) is 13.1 Å². The van der Waals surface area contributed by atoms with Crippen molar-refractivity contribution in [3.8, 4) is 0 Å². The summed E-state index contributed by atoms with van der Waals surface area (Å²) < 4.78 is 0. The maximum Gasteiger partial charge on any atom is 0.232 e. The maximum absolute atomic E-state index is 13.5. The third-order valence-electron chi connectivity index (χ3n) is 6.60. The number of carbonyl (C=O) groups excluding carboxylic acids is 1. The molecule has 0 radical (unpaired) electrons. The number of piperidine rings is 1. The topological polar surface area (TPSA) is 33.2 Å². The van der Waals surface area contributed by atoms with E-state index in [-0.39, 0.29) is 11.8 Å². The fraction of sp³-hybridized carbons (Fsp3) is 0.357. The number of halogens is 1. The number of hydrogen-bond acceptors (Lipinski definition) is 2. The molecule has 2 aromatic carbocycles. The number of pyridine rings is 1. The number of amides is 1. The first-order valence-corrected chi connectivity index (χ1v) is 11.8. The summed E-state index contributed by atoms with van der Waals surface area (Å²) in [6.45, 7) is 7.69. The van der Waals surface area contributed by atoms with Gasteiger partial charge in [0.2, 0.25) is 5.91 Å². The number of aromatic nitrogens is 1. The van der Waals surface area contributed by atoms with Gasteiger partial charge in [-0.3, -0.25) is 9.78 Å². The van der Waals surface area contributed by atoms with Gasteiger partial charge in [0.05, 0.1) is 5.41 Å². The number of benzene rings is 2. The van der Waals surface area contributed by atoms with Crippen molar-refractivity contribution < 1.29 is 4.79 Å². The van der Waals surface area contributed by atoms with E-state index in [1.807, 2.05) is 37.1 Å². The van der Waals surface area contributed by atoms with Gasteiger partial charge in [-0.2, -0.15) is 0 Å². The summed E-state index contributed by atoms with van der Waals surface area (Å²) in [6, 6.07) is 20.6. The monoisotopic (exact) mass is 446 g/mol. The quantitative estimate of drug-likeness (QED) is 0.459. The van der Waals surface area contributed by atoms with Crippen LogP contribution < -0.4 is 0 Å². The molecule has 1 saturated heterocycles. The van der Waals surface area contributed by atoms with Gasteiger partial charge < -0.3 is 4.90 Å². The van der Waals surface area contributed by atoms with Crippen LogP contribution in [0.5, 0.6) is 0 Å². The molecule has 1 aliphatic rings. The van der Waals surface area contributed by atoms with Gasteiger partial charge in [-0.05, 0) is 74.9 Å². The molecular formula is C28H31ClN2O. The van der Waals surface area contributed by atoms with E-state index >= 15 is 0 Å². The Kier molecular flexibility index (Phi) is 6.66. The Morgan fingerprint density at radius 2 is 1.72 bits per heavy atom. The van der Waals surface area contributed by atoms with Gasteiger partial charge in [-0.15, -0.1) is 0 Å². The summed E-state index contributed by atoms with van der Waals surface area (Å²) in [7, 11) is 0. The Labute approximate surface area is 196 Å². The number of hydrogen-bond donors (Lipinski definition) is 0. The van der Waals surface area contributed by atoms with E-state index < -0.39 is 5.41 Å². The molecule has 3 aromatic rings. The second-order valence-corrected chi connectivity index (χ2v) is 9.91. The fourth-order valence-corrected chi connectivity index (χ4v) is 4.64. The zero-order chi connectivity index (χ0) is 22.7. The smallest absolute Gasteiger partial charge is 0.232 e. The van der Waals surface area contributed by atoms with Crippen LogP contribution in [0.25, 0.3) is 0 Å². The van der Waals surface area contributed by atoms with E-state index in [0.717, 1.165) is 48.6 Å². The summed E-state index contributed by atoms with van der Waals surface area (Å²) >= 11 is 5.98. The third-order valence-corrected chi connectivity index (χ3v) is 6.86. The summed E-state index contributed by atoms with van der Waals surface area (Å²) in [5, 5.41) is 0.754. The first-order chi connectivity index (χ1) is 15.3. The van der Waals surface area contributed by atoms with E-state index in [2.05, 4.69) is 55.5 Å². The van der Waals surface area contributed by atoms with Crippen molar-refractivity contribution in [2.24, 2.45) is 0 Å². The van der Waals surface area contributed by atoms with Crippen LogP contribution in [0.4, 0.5) is 0 Å². The molecule has 0 N–H and O–H groups in total. The molecule has 3 nitrogen and oxygen atoms in total. The maximum atomic E-state index is 13.5. The molecule has 2 heterocycles. The highest BCUT2D eigenvalue weighted by molar-refractivity contribution is 6.30. The summed E-state index contributed by atoms with van der Waals surface area (Å²) in [5.41, 5.74) is 5.22. The zero-order valence-electron chi connectivity index (χ0n) is 19.1. The van der Waals surface area contributed by atoms with Gasteiger partial charge in [0.25, 0.3) is 0 Å². The highest BCUT2D eigenvalue weighted by atomic mass is 35.5. The van der Waals surface area contributed by atoms with Crippen molar-refractivity contribution in [1.29, 1.82) is 0 Å². The molecule has 1 aliphatic heterocycles. The molecule has 166 valence electrons. The Morgan fingerprint density at radius 1 is 1.03 bits per heavy atom.